The first kappa shape index (κ1) is 31.1. The van der Waals surface area contributed by atoms with Crippen molar-refractivity contribution in [1.82, 2.24) is 10.2 Å². The number of nitrogens with one attached hydrogen (secondary N) is 2. The number of rotatable bonds is 5. The van der Waals surface area contributed by atoms with Crippen molar-refractivity contribution < 1.29 is 18.0 Å². The molecule has 1 unspecified atom stereocenters. The SMILES string of the molecule is CC.CCN=C(/N=C(\N)c1ccc(C2CCN(CC(F)(F)F)CC2)cc1C)Nc1cc2c(cc1C)C(=O)NC2C. The van der Waals surface area contributed by atoms with E-state index in [1.54, 1.807) is 0 Å². The van der Waals surface area contributed by atoms with Crippen molar-refractivity contribution in [2.75, 3.05) is 31.5 Å². The molecule has 10 heteroatoms. The molecule has 0 radical (unpaired) electrons. The Labute approximate surface area is 235 Å². The summed E-state index contributed by atoms with van der Waals surface area (Å²) in [6.07, 6.45) is -2.78. The van der Waals surface area contributed by atoms with E-state index in [0.717, 1.165) is 33.5 Å². The summed E-state index contributed by atoms with van der Waals surface area (Å²) >= 11 is 0. The van der Waals surface area contributed by atoms with Crippen molar-refractivity contribution in [2.45, 2.75) is 72.5 Å². The van der Waals surface area contributed by atoms with Gasteiger partial charge in [0.15, 0.2) is 0 Å². The number of guanidine groups is 1. The number of anilines is 1. The van der Waals surface area contributed by atoms with Gasteiger partial charge in [0, 0.05) is 23.4 Å². The Morgan fingerprint density at radius 3 is 2.40 bits per heavy atom. The third kappa shape index (κ3) is 7.62. The van der Waals surface area contributed by atoms with Crippen LogP contribution in [0.3, 0.4) is 0 Å². The van der Waals surface area contributed by atoms with Gasteiger partial charge in [-0.3, -0.25) is 14.7 Å². The summed E-state index contributed by atoms with van der Waals surface area (Å²) in [5, 5.41) is 6.20. The van der Waals surface area contributed by atoms with E-state index in [9.17, 15) is 18.0 Å². The number of piperidine rings is 1. The molecule has 2 aliphatic rings. The van der Waals surface area contributed by atoms with E-state index in [2.05, 4.69) is 26.7 Å². The number of nitrogens with two attached hydrogens (primary N) is 1. The number of likely N-dealkylation sites (tertiary alicyclic amines) is 1. The van der Waals surface area contributed by atoms with Crippen LogP contribution in [0.4, 0.5) is 18.9 Å². The Morgan fingerprint density at radius 1 is 1.12 bits per heavy atom. The third-order valence-corrected chi connectivity index (χ3v) is 7.22. The normalized spacial score (nSPS) is 18.6. The second-order valence-electron chi connectivity index (χ2n) is 10.1. The number of benzene rings is 2. The molecular weight excluding hydrogens is 517 g/mol. The van der Waals surface area contributed by atoms with Crippen LogP contribution in [0.1, 0.15) is 90.7 Å². The maximum Gasteiger partial charge on any atom is 0.401 e. The molecule has 0 aromatic heterocycles. The molecule has 1 fully saturated rings. The van der Waals surface area contributed by atoms with Crippen LogP contribution in [0.15, 0.2) is 40.3 Å². The molecule has 1 atom stereocenters. The number of hydrogen-bond donors (Lipinski definition) is 3. The van der Waals surface area contributed by atoms with Crippen LogP contribution in [0, 0.1) is 13.8 Å². The Morgan fingerprint density at radius 2 is 1.80 bits per heavy atom. The van der Waals surface area contributed by atoms with E-state index in [1.807, 2.05) is 65.8 Å². The number of fused-ring (bicyclic) bond motifs is 1. The van der Waals surface area contributed by atoms with Crippen LogP contribution < -0.4 is 16.4 Å². The van der Waals surface area contributed by atoms with E-state index in [-0.39, 0.29) is 17.9 Å². The number of nitrogens with zero attached hydrogens (tertiary/aromatic N) is 3. The lowest BCUT2D eigenvalue weighted by atomic mass is 9.87. The molecule has 1 amide bonds. The number of halogens is 3. The van der Waals surface area contributed by atoms with E-state index in [4.69, 9.17) is 5.73 Å². The first-order valence-electron chi connectivity index (χ1n) is 14.0. The van der Waals surface area contributed by atoms with Gasteiger partial charge in [-0.05, 0) is 93.9 Å². The molecular formula is C30H41F3N6O. The molecule has 2 aliphatic heterocycles. The molecule has 2 aromatic carbocycles. The zero-order chi connectivity index (χ0) is 29.6. The summed E-state index contributed by atoms with van der Waals surface area (Å²) in [4.78, 5) is 22.7. The minimum Gasteiger partial charge on any atom is -0.383 e. The van der Waals surface area contributed by atoms with E-state index in [0.29, 0.717) is 49.8 Å². The largest absolute Gasteiger partial charge is 0.401 e. The number of hydrogen-bond acceptors (Lipinski definition) is 3. The quantitative estimate of drug-likeness (QED) is 0.307. The second kappa shape index (κ2) is 13.3. The van der Waals surface area contributed by atoms with Gasteiger partial charge < -0.3 is 16.4 Å². The van der Waals surface area contributed by atoms with Crippen LogP contribution in [0.5, 0.6) is 0 Å². The van der Waals surface area contributed by atoms with Crippen molar-refractivity contribution in [3.63, 3.8) is 0 Å². The average molecular weight is 559 g/mol. The lowest BCUT2D eigenvalue weighted by Crippen LogP contribution is -2.39. The predicted octanol–water partition coefficient (Wildman–Crippen LogP) is 6.07. The molecule has 4 rings (SSSR count). The monoisotopic (exact) mass is 558 g/mol. The number of alkyl halides is 3. The molecule has 7 nitrogen and oxygen atoms in total. The Bertz CT molecular complexity index is 1260. The maximum absolute atomic E-state index is 12.7. The fourth-order valence-corrected chi connectivity index (χ4v) is 5.22. The standard InChI is InChI=1S/C28H35F3N6O.C2H6/c1-5-33-27(35-24-14-22-18(4)34-26(38)23(22)13-17(24)3)36-25(32)21-7-6-20(12-16(21)2)19-8-10-37(11-9-19)15-28(29,30)31;1-2/h6-7,12-14,18-19H,5,8-11,15H2,1-4H3,(H,34,38)(H3,32,33,35,36);1-2H3. The van der Waals surface area contributed by atoms with Gasteiger partial charge in [0.05, 0.1) is 12.6 Å². The lowest BCUT2D eigenvalue weighted by Gasteiger charge is -2.32. The number of amides is 1. The first-order valence-corrected chi connectivity index (χ1v) is 14.0. The number of amidine groups is 1. The van der Waals surface area contributed by atoms with Crippen LogP contribution >= 0.6 is 0 Å². The highest BCUT2D eigenvalue weighted by Crippen LogP contribution is 2.32. The molecule has 40 heavy (non-hydrogen) atoms. The fourth-order valence-electron chi connectivity index (χ4n) is 5.22. The fraction of sp³-hybridized carbons (Fsp3) is 0.500. The molecule has 4 N–H and O–H groups in total. The van der Waals surface area contributed by atoms with Crippen LogP contribution in [0.2, 0.25) is 0 Å². The Hall–Kier alpha value is -3.40. The van der Waals surface area contributed by atoms with Crippen molar-refractivity contribution in [2.24, 2.45) is 15.7 Å². The number of carbonyl (C=O) groups excluding carboxylic acids is 1. The molecule has 0 bridgehead atoms. The van der Waals surface area contributed by atoms with Crippen LogP contribution in [-0.4, -0.2) is 55.0 Å². The molecule has 0 spiro atoms. The van der Waals surface area contributed by atoms with Gasteiger partial charge in [-0.25, -0.2) is 0 Å². The van der Waals surface area contributed by atoms with E-state index in [1.165, 1.54) is 4.90 Å². The third-order valence-electron chi connectivity index (χ3n) is 7.22. The van der Waals surface area contributed by atoms with Gasteiger partial charge in [0.2, 0.25) is 5.96 Å². The van der Waals surface area contributed by atoms with Crippen LogP contribution in [-0.2, 0) is 0 Å². The van der Waals surface area contributed by atoms with E-state index >= 15 is 0 Å². The summed E-state index contributed by atoms with van der Waals surface area (Å²) in [5.74, 6) is 0.838. The van der Waals surface area contributed by atoms with Crippen molar-refractivity contribution in [3.05, 3.63) is 63.7 Å². The zero-order valence-electron chi connectivity index (χ0n) is 24.2. The smallest absolute Gasteiger partial charge is 0.383 e. The van der Waals surface area contributed by atoms with E-state index < -0.39 is 12.7 Å². The van der Waals surface area contributed by atoms with Gasteiger partial charge in [0.1, 0.15) is 5.84 Å². The molecule has 0 aliphatic carbocycles. The minimum atomic E-state index is -4.16. The van der Waals surface area contributed by atoms with Gasteiger partial charge in [-0.1, -0.05) is 32.0 Å². The Kier molecular flexibility index (Phi) is 10.4. The second-order valence-corrected chi connectivity index (χ2v) is 10.1. The molecule has 2 heterocycles. The molecule has 0 saturated carbocycles. The zero-order valence-corrected chi connectivity index (χ0v) is 24.2. The van der Waals surface area contributed by atoms with Crippen molar-refractivity contribution >= 4 is 23.4 Å². The van der Waals surface area contributed by atoms with Gasteiger partial charge in [0.25, 0.3) is 5.91 Å². The Balaban J connectivity index is 0.00000216. The summed E-state index contributed by atoms with van der Waals surface area (Å²) in [5.41, 5.74) is 12.6. The molecule has 218 valence electrons. The van der Waals surface area contributed by atoms with Crippen LogP contribution in [0.25, 0.3) is 0 Å². The highest BCUT2D eigenvalue weighted by Gasteiger charge is 2.33. The van der Waals surface area contributed by atoms with Gasteiger partial charge >= 0.3 is 6.18 Å². The van der Waals surface area contributed by atoms with Crippen molar-refractivity contribution in [1.29, 1.82) is 0 Å². The highest BCUT2D eigenvalue weighted by molar-refractivity contribution is 6.09. The number of aliphatic imine (C=N–C) groups is 2. The van der Waals surface area contributed by atoms with Crippen molar-refractivity contribution in [3.8, 4) is 0 Å². The van der Waals surface area contributed by atoms with Gasteiger partial charge in [-0.15, -0.1) is 0 Å². The molecule has 2 aromatic rings. The number of carbonyl (C=O) groups is 1. The summed E-state index contributed by atoms with van der Waals surface area (Å²) in [7, 11) is 0. The highest BCUT2D eigenvalue weighted by atomic mass is 19.4. The molecule has 1 saturated heterocycles. The summed E-state index contributed by atoms with van der Waals surface area (Å²) in [6, 6.07) is 9.72. The lowest BCUT2D eigenvalue weighted by molar-refractivity contribution is -0.147. The number of aryl methyl sites for hydroxylation is 2. The summed E-state index contributed by atoms with van der Waals surface area (Å²) in [6.45, 7) is 12.3. The maximum atomic E-state index is 12.7. The topological polar surface area (TPSA) is 95.1 Å². The van der Waals surface area contributed by atoms with Gasteiger partial charge in [-0.2, -0.15) is 18.2 Å². The average Bonchev–Trinajstić information content (AvgIpc) is 3.16. The predicted molar refractivity (Wildman–Crippen MR) is 156 cm³/mol. The first-order chi connectivity index (χ1) is 18.9. The minimum absolute atomic E-state index is 0.0716. The summed E-state index contributed by atoms with van der Waals surface area (Å²) < 4.78 is 38.1.